The predicted octanol–water partition coefficient (Wildman–Crippen LogP) is 2.34. The van der Waals surface area contributed by atoms with Gasteiger partial charge < -0.3 is 14.2 Å². The van der Waals surface area contributed by atoms with Gasteiger partial charge in [-0.15, -0.1) is 0 Å². The third-order valence-corrected chi connectivity index (χ3v) is 2.32. The van der Waals surface area contributed by atoms with Gasteiger partial charge in [0.05, 0.1) is 19.3 Å². The van der Waals surface area contributed by atoms with Crippen LogP contribution in [0, 0.1) is 0 Å². The van der Waals surface area contributed by atoms with Gasteiger partial charge >= 0.3 is 0 Å². The molecule has 0 aliphatic carbocycles. The van der Waals surface area contributed by atoms with E-state index in [-0.39, 0.29) is 12.4 Å². The lowest BCUT2D eigenvalue weighted by molar-refractivity contribution is -0.193. The van der Waals surface area contributed by atoms with Crippen LogP contribution in [0.3, 0.4) is 0 Å². The van der Waals surface area contributed by atoms with Crippen LogP contribution >= 0.6 is 0 Å². The molecule has 0 N–H and O–H groups in total. The van der Waals surface area contributed by atoms with Crippen LogP contribution in [0.25, 0.3) is 0 Å². The average Bonchev–Trinajstić information content (AvgIpc) is 2.20. The minimum atomic E-state index is -0.0413. The molecule has 1 heterocycles. The van der Waals surface area contributed by atoms with E-state index in [1.54, 1.807) is 0 Å². The molecule has 0 aromatic rings. The Morgan fingerprint density at radius 1 is 1.36 bits per heavy atom. The topological polar surface area (TPSA) is 27.7 Å². The van der Waals surface area contributed by atoms with Crippen molar-refractivity contribution in [3.8, 4) is 0 Å². The fourth-order valence-electron chi connectivity index (χ4n) is 1.44. The molecule has 1 aliphatic heterocycles. The molecule has 1 fully saturated rings. The highest BCUT2D eigenvalue weighted by Crippen LogP contribution is 2.12. The predicted molar refractivity (Wildman–Crippen MR) is 55.2 cm³/mol. The van der Waals surface area contributed by atoms with E-state index in [4.69, 9.17) is 14.2 Å². The summed E-state index contributed by atoms with van der Waals surface area (Å²) < 4.78 is 16.5. The second-order valence-corrected chi connectivity index (χ2v) is 3.80. The Labute approximate surface area is 86.7 Å². The summed E-state index contributed by atoms with van der Waals surface area (Å²) in [6.07, 6.45) is 4.38. The molecule has 0 spiro atoms. The Balaban J connectivity index is 2.03. The van der Waals surface area contributed by atoms with Crippen LogP contribution in [-0.2, 0) is 14.2 Å². The lowest BCUT2D eigenvalue weighted by Crippen LogP contribution is -2.29. The van der Waals surface area contributed by atoms with Gasteiger partial charge in [-0.2, -0.15) is 0 Å². The lowest BCUT2D eigenvalue weighted by atomic mass is 10.2. The summed E-state index contributed by atoms with van der Waals surface area (Å²) in [6, 6.07) is 0. The molecule has 0 saturated carbocycles. The molecule has 3 nitrogen and oxygen atoms in total. The molecule has 0 bridgehead atoms. The van der Waals surface area contributed by atoms with Gasteiger partial charge in [0.1, 0.15) is 0 Å². The minimum absolute atomic E-state index is 0.0413. The summed E-state index contributed by atoms with van der Waals surface area (Å²) in [4.78, 5) is 0. The van der Waals surface area contributed by atoms with Crippen molar-refractivity contribution in [1.82, 2.24) is 0 Å². The maximum Gasteiger partial charge on any atom is 0.160 e. The third kappa shape index (κ3) is 4.94. The van der Waals surface area contributed by atoms with Crippen LogP contribution in [0.15, 0.2) is 0 Å². The van der Waals surface area contributed by atoms with Crippen molar-refractivity contribution in [2.24, 2.45) is 0 Å². The molecule has 0 aromatic heterocycles. The molecule has 0 aromatic carbocycles. The van der Waals surface area contributed by atoms with Crippen molar-refractivity contribution in [3.05, 3.63) is 0 Å². The maximum atomic E-state index is 5.63. The zero-order chi connectivity index (χ0) is 10.2. The largest absolute Gasteiger partial charge is 0.378 e. The van der Waals surface area contributed by atoms with Crippen molar-refractivity contribution < 1.29 is 14.2 Å². The van der Waals surface area contributed by atoms with E-state index in [1.165, 1.54) is 6.42 Å². The summed E-state index contributed by atoms with van der Waals surface area (Å²) in [5.41, 5.74) is 0. The van der Waals surface area contributed by atoms with E-state index in [9.17, 15) is 0 Å². The first kappa shape index (κ1) is 12.0. The van der Waals surface area contributed by atoms with Crippen LogP contribution in [0.2, 0.25) is 0 Å². The molecule has 1 unspecified atom stereocenters. The van der Waals surface area contributed by atoms with Crippen LogP contribution in [0.5, 0.6) is 0 Å². The van der Waals surface area contributed by atoms with Gasteiger partial charge in [-0.05, 0) is 19.8 Å². The Bertz CT molecular complexity index is 132. The number of hydrogen-bond acceptors (Lipinski definition) is 3. The van der Waals surface area contributed by atoms with Crippen molar-refractivity contribution in [3.63, 3.8) is 0 Å². The molecule has 3 heteroatoms. The molecule has 0 amide bonds. The first-order valence-electron chi connectivity index (χ1n) is 5.67. The van der Waals surface area contributed by atoms with Gasteiger partial charge in [-0.3, -0.25) is 0 Å². The lowest BCUT2D eigenvalue weighted by Gasteiger charge is -2.25. The van der Waals surface area contributed by atoms with Crippen LogP contribution in [0.4, 0.5) is 0 Å². The smallest absolute Gasteiger partial charge is 0.160 e. The molecule has 1 rings (SSSR count). The highest BCUT2D eigenvalue weighted by Gasteiger charge is 2.17. The standard InChI is InChI=1S/C11H22O3/c1-3-4-6-12-10(2)9-11-13-7-5-8-14-11/h10-11H,3-9H2,1-2H3. The van der Waals surface area contributed by atoms with Gasteiger partial charge in [0.15, 0.2) is 6.29 Å². The Morgan fingerprint density at radius 2 is 2.07 bits per heavy atom. The number of ether oxygens (including phenoxy) is 3. The summed E-state index contributed by atoms with van der Waals surface area (Å²) in [5, 5.41) is 0. The summed E-state index contributed by atoms with van der Waals surface area (Å²) in [6.45, 7) is 6.75. The van der Waals surface area contributed by atoms with E-state index in [0.29, 0.717) is 0 Å². The van der Waals surface area contributed by atoms with E-state index >= 15 is 0 Å². The summed E-state index contributed by atoms with van der Waals surface area (Å²) in [5.74, 6) is 0. The normalized spacial score (nSPS) is 21.0. The molecule has 1 aliphatic rings. The first-order valence-corrected chi connectivity index (χ1v) is 5.67. The highest BCUT2D eigenvalue weighted by molar-refractivity contribution is 4.58. The van der Waals surface area contributed by atoms with Gasteiger partial charge in [0, 0.05) is 13.0 Å². The van der Waals surface area contributed by atoms with E-state index in [1.807, 2.05) is 0 Å². The monoisotopic (exact) mass is 202 g/mol. The van der Waals surface area contributed by atoms with E-state index < -0.39 is 0 Å². The molecule has 84 valence electrons. The fraction of sp³-hybridized carbons (Fsp3) is 1.00. The number of rotatable bonds is 6. The number of hydrogen-bond donors (Lipinski definition) is 0. The van der Waals surface area contributed by atoms with Crippen LogP contribution in [0.1, 0.15) is 39.5 Å². The molecular weight excluding hydrogens is 180 g/mol. The summed E-state index contributed by atoms with van der Waals surface area (Å²) >= 11 is 0. The van der Waals surface area contributed by atoms with Crippen molar-refractivity contribution in [1.29, 1.82) is 0 Å². The second-order valence-electron chi connectivity index (χ2n) is 3.80. The van der Waals surface area contributed by atoms with Gasteiger partial charge in [0.25, 0.3) is 0 Å². The molecule has 1 atom stereocenters. The zero-order valence-corrected chi connectivity index (χ0v) is 9.33. The number of unbranched alkanes of at least 4 members (excludes halogenated alkanes) is 1. The van der Waals surface area contributed by atoms with Crippen LogP contribution in [-0.4, -0.2) is 32.2 Å². The quantitative estimate of drug-likeness (QED) is 0.619. The molecule has 1 saturated heterocycles. The Hall–Kier alpha value is -0.120. The van der Waals surface area contributed by atoms with Gasteiger partial charge in [-0.1, -0.05) is 13.3 Å². The van der Waals surface area contributed by atoms with Crippen molar-refractivity contribution in [2.75, 3.05) is 19.8 Å². The second kappa shape index (κ2) is 7.21. The van der Waals surface area contributed by atoms with E-state index in [2.05, 4.69) is 13.8 Å². The van der Waals surface area contributed by atoms with Gasteiger partial charge in [-0.25, -0.2) is 0 Å². The average molecular weight is 202 g/mol. The maximum absolute atomic E-state index is 5.63. The molecule has 0 radical (unpaired) electrons. The fourth-order valence-corrected chi connectivity index (χ4v) is 1.44. The van der Waals surface area contributed by atoms with Crippen molar-refractivity contribution >= 4 is 0 Å². The Kier molecular flexibility index (Phi) is 6.15. The SMILES string of the molecule is CCCCOC(C)CC1OCCCO1. The van der Waals surface area contributed by atoms with Gasteiger partial charge in [0.2, 0.25) is 0 Å². The van der Waals surface area contributed by atoms with Crippen molar-refractivity contribution in [2.45, 2.75) is 51.9 Å². The molecular formula is C11H22O3. The summed E-state index contributed by atoms with van der Waals surface area (Å²) in [7, 11) is 0. The zero-order valence-electron chi connectivity index (χ0n) is 9.33. The van der Waals surface area contributed by atoms with E-state index in [0.717, 1.165) is 39.1 Å². The molecule has 14 heavy (non-hydrogen) atoms. The minimum Gasteiger partial charge on any atom is -0.378 e. The Morgan fingerprint density at radius 3 is 2.71 bits per heavy atom. The highest BCUT2D eigenvalue weighted by atomic mass is 16.7. The first-order chi connectivity index (χ1) is 6.83. The van der Waals surface area contributed by atoms with Crippen LogP contribution < -0.4 is 0 Å². The third-order valence-electron chi connectivity index (χ3n) is 2.32.